The van der Waals surface area contributed by atoms with Gasteiger partial charge in [-0.3, -0.25) is 0 Å². The Bertz CT molecular complexity index is 696. The van der Waals surface area contributed by atoms with Gasteiger partial charge in [-0.25, -0.2) is 0 Å². The fourth-order valence-corrected chi connectivity index (χ4v) is 2.42. The lowest BCUT2D eigenvalue weighted by Crippen LogP contribution is -2.06. The van der Waals surface area contributed by atoms with Crippen LogP contribution in [-0.4, -0.2) is 20.8 Å². The molecule has 0 spiro atoms. The fourth-order valence-electron chi connectivity index (χ4n) is 2.42. The molecule has 1 rings (SSSR count). The highest BCUT2D eigenvalue weighted by Gasteiger charge is 2.07. The molecule has 0 aliphatic carbocycles. The van der Waals surface area contributed by atoms with E-state index in [1.807, 2.05) is 49.6 Å². The summed E-state index contributed by atoms with van der Waals surface area (Å²) < 4.78 is 10.7. The van der Waals surface area contributed by atoms with Gasteiger partial charge >= 0.3 is 0 Å². The van der Waals surface area contributed by atoms with Gasteiger partial charge in [-0.2, -0.15) is 0 Å². The van der Waals surface area contributed by atoms with Crippen LogP contribution in [-0.2, 0) is 0 Å². The summed E-state index contributed by atoms with van der Waals surface area (Å²) in [7, 11) is 3.29. The summed E-state index contributed by atoms with van der Waals surface area (Å²) in [6.07, 6.45) is 14.0. The maximum atomic E-state index is 5.38. The third kappa shape index (κ3) is 7.93. The second kappa shape index (κ2) is 11.8. The van der Waals surface area contributed by atoms with E-state index in [0.717, 1.165) is 47.6 Å². The van der Waals surface area contributed by atoms with Crippen molar-refractivity contribution in [3.05, 3.63) is 78.1 Å². The topological polar surface area (TPSA) is 30.5 Å². The Balaban J connectivity index is 2.52. The van der Waals surface area contributed by atoms with Crippen molar-refractivity contribution in [1.29, 1.82) is 0 Å². The molecule has 0 bridgehead atoms. The normalized spacial score (nSPS) is 11.4. The molecule has 0 aliphatic heterocycles. The molecule has 0 unspecified atom stereocenters. The van der Waals surface area contributed by atoms with Crippen LogP contribution in [0.3, 0.4) is 0 Å². The molecule has 1 aromatic carbocycles. The third-order valence-corrected chi connectivity index (χ3v) is 3.74. The molecule has 26 heavy (non-hydrogen) atoms. The van der Waals surface area contributed by atoms with E-state index in [4.69, 9.17) is 9.47 Å². The van der Waals surface area contributed by atoms with E-state index >= 15 is 0 Å². The zero-order valence-corrected chi connectivity index (χ0v) is 16.5. The molecule has 0 atom stereocenters. The highest BCUT2D eigenvalue weighted by molar-refractivity contribution is 5.61. The minimum Gasteiger partial charge on any atom is -0.493 e. The van der Waals surface area contributed by atoms with Gasteiger partial charge in [0.05, 0.1) is 14.2 Å². The van der Waals surface area contributed by atoms with Crippen LogP contribution in [0.25, 0.3) is 6.08 Å². The van der Waals surface area contributed by atoms with Crippen molar-refractivity contribution in [2.45, 2.75) is 26.7 Å². The number of ether oxygens (including phenoxy) is 2. The van der Waals surface area contributed by atoms with Gasteiger partial charge in [0, 0.05) is 6.54 Å². The lowest BCUT2D eigenvalue weighted by molar-refractivity contribution is 0.353. The Morgan fingerprint density at radius 2 is 1.88 bits per heavy atom. The molecule has 1 N–H and O–H groups in total. The predicted molar refractivity (Wildman–Crippen MR) is 113 cm³/mol. The molecule has 3 heteroatoms. The third-order valence-electron chi connectivity index (χ3n) is 3.74. The predicted octanol–water partition coefficient (Wildman–Crippen LogP) is 5.60. The van der Waals surface area contributed by atoms with Crippen LogP contribution in [0.2, 0.25) is 0 Å². The van der Waals surface area contributed by atoms with Gasteiger partial charge in [0.25, 0.3) is 0 Å². The fraction of sp³-hybridized carbons (Fsp3) is 0.304. The van der Waals surface area contributed by atoms with E-state index in [2.05, 4.69) is 31.5 Å². The lowest BCUT2D eigenvalue weighted by atomic mass is 10.1. The summed E-state index contributed by atoms with van der Waals surface area (Å²) in [4.78, 5) is 0. The maximum Gasteiger partial charge on any atom is 0.163 e. The van der Waals surface area contributed by atoms with E-state index in [-0.39, 0.29) is 0 Å². The number of nitrogens with one attached hydrogen (secondary N) is 1. The average Bonchev–Trinajstić information content (AvgIpc) is 2.61. The number of aryl methyl sites for hydroxylation is 1. The minimum absolute atomic E-state index is 0.731. The molecule has 0 fully saturated rings. The van der Waals surface area contributed by atoms with Crippen molar-refractivity contribution in [3.63, 3.8) is 0 Å². The molecule has 3 nitrogen and oxygen atoms in total. The van der Waals surface area contributed by atoms with Gasteiger partial charge in [0.15, 0.2) is 11.5 Å². The van der Waals surface area contributed by atoms with Crippen molar-refractivity contribution in [2.24, 2.45) is 0 Å². The van der Waals surface area contributed by atoms with Crippen molar-refractivity contribution < 1.29 is 9.47 Å². The largest absolute Gasteiger partial charge is 0.493 e. The summed E-state index contributed by atoms with van der Waals surface area (Å²) in [6.45, 7) is 13.0. The number of rotatable bonds is 11. The van der Waals surface area contributed by atoms with Crippen LogP contribution in [0.5, 0.6) is 11.5 Å². The Morgan fingerprint density at radius 1 is 1.12 bits per heavy atom. The summed E-state index contributed by atoms with van der Waals surface area (Å²) in [5.74, 6) is 1.50. The number of allylic oxidation sites excluding steroid dienone is 6. The molecule has 0 saturated heterocycles. The van der Waals surface area contributed by atoms with Crippen LogP contribution < -0.4 is 14.8 Å². The molecule has 0 heterocycles. The quantitative estimate of drug-likeness (QED) is 0.319. The van der Waals surface area contributed by atoms with Crippen LogP contribution in [0, 0.1) is 6.92 Å². The van der Waals surface area contributed by atoms with Gasteiger partial charge in [-0.1, -0.05) is 36.5 Å². The molecular weight excluding hydrogens is 322 g/mol. The van der Waals surface area contributed by atoms with Gasteiger partial charge in [0.1, 0.15) is 0 Å². The van der Waals surface area contributed by atoms with E-state index in [9.17, 15) is 0 Å². The van der Waals surface area contributed by atoms with Crippen LogP contribution in [0.1, 0.15) is 30.9 Å². The molecule has 1 aromatic rings. The smallest absolute Gasteiger partial charge is 0.163 e. The van der Waals surface area contributed by atoms with Gasteiger partial charge in [0.2, 0.25) is 0 Å². The first-order valence-electron chi connectivity index (χ1n) is 8.78. The summed E-state index contributed by atoms with van der Waals surface area (Å²) in [5.41, 5.74) is 4.23. The second-order valence-corrected chi connectivity index (χ2v) is 6.21. The Kier molecular flexibility index (Phi) is 9.70. The average molecular weight is 354 g/mol. The number of methoxy groups -OCH3 is 2. The van der Waals surface area contributed by atoms with Crippen molar-refractivity contribution >= 4 is 6.08 Å². The Labute approximate surface area is 158 Å². The minimum atomic E-state index is 0.731. The highest BCUT2D eigenvalue weighted by atomic mass is 16.5. The summed E-state index contributed by atoms with van der Waals surface area (Å²) >= 11 is 0. The standard InChI is InChI=1S/C23H31NO2/c1-18(2)10-9-15-24-14-8-7-11-19(3)12-13-21-16-20(4)23(26-6)22(17-21)25-5/h7-8,11-14,16-17,24H,1,3,9-10,15H2,2,4-6H3/b11-7-,13-12+,14-8-. The molecule has 0 saturated carbocycles. The first-order chi connectivity index (χ1) is 12.5. The number of benzene rings is 1. The number of hydrogen-bond donors (Lipinski definition) is 1. The first kappa shape index (κ1) is 21.4. The van der Waals surface area contributed by atoms with Gasteiger partial charge in [-0.05, 0) is 67.8 Å². The first-order valence-corrected chi connectivity index (χ1v) is 8.78. The lowest BCUT2D eigenvalue weighted by Gasteiger charge is -2.11. The van der Waals surface area contributed by atoms with E-state index in [0.29, 0.717) is 0 Å². The van der Waals surface area contributed by atoms with E-state index in [1.165, 1.54) is 5.57 Å². The molecule has 0 aromatic heterocycles. The van der Waals surface area contributed by atoms with E-state index < -0.39 is 0 Å². The van der Waals surface area contributed by atoms with Crippen LogP contribution in [0.4, 0.5) is 0 Å². The maximum absolute atomic E-state index is 5.38. The molecule has 140 valence electrons. The Morgan fingerprint density at radius 3 is 2.54 bits per heavy atom. The van der Waals surface area contributed by atoms with Gasteiger partial charge < -0.3 is 14.8 Å². The molecular formula is C23H31NO2. The summed E-state index contributed by atoms with van der Waals surface area (Å²) in [6, 6.07) is 4.01. The highest BCUT2D eigenvalue weighted by Crippen LogP contribution is 2.32. The van der Waals surface area contributed by atoms with Crippen molar-refractivity contribution in [1.82, 2.24) is 5.32 Å². The van der Waals surface area contributed by atoms with E-state index in [1.54, 1.807) is 14.2 Å². The SMILES string of the molecule is C=C(/C=C\C=C/NCCCC(=C)C)/C=C/c1cc(C)c(OC)c(OC)c1. The zero-order valence-electron chi connectivity index (χ0n) is 16.5. The Hall–Kier alpha value is -2.68. The van der Waals surface area contributed by atoms with Crippen LogP contribution >= 0.6 is 0 Å². The number of hydrogen-bond acceptors (Lipinski definition) is 3. The van der Waals surface area contributed by atoms with Gasteiger partial charge in [-0.15, -0.1) is 6.58 Å². The monoisotopic (exact) mass is 353 g/mol. The molecule has 0 amide bonds. The second-order valence-electron chi connectivity index (χ2n) is 6.21. The molecule has 0 aliphatic rings. The molecule has 0 radical (unpaired) electrons. The van der Waals surface area contributed by atoms with Crippen molar-refractivity contribution in [2.75, 3.05) is 20.8 Å². The van der Waals surface area contributed by atoms with Crippen LogP contribution in [0.15, 0.2) is 66.9 Å². The zero-order chi connectivity index (χ0) is 19.4. The van der Waals surface area contributed by atoms with Crippen molar-refractivity contribution in [3.8, 4) is 11.5 Å². The summed E-state index contributed by atoms with van der Waals surface area (Å²) in [5, 5.41) is 3.26.